The molecular formula is C23H28FN5O2. The van der Waals surface area contributed by atoms with E-state index >= 15 is 0 Å². The summed E-state index contributed by atoms with van der Waals surface area (Å²) in [5.41, 5.74) is 7.22. The molecule has 3 saturated heterocycles. The molecule has 4 fully saturated rings. The van der Waals surface area contributed by atoms with Gasteiger partial charge in [-0.1, -0.05) is 19.1 Å². The van der Waals surface area contributed by atoms with Gasteiger partial charge in [-0.3, -0.25) is 14.5 Å². The summed E-state index contributed by atoms with van der Waals surface area (Å²) in [5.74, 6) is 0.0646. The molecule has 1 aromatic carbocycles. The van der Waals surface area contributed by atoms with Gasteiger partial charge in [0.2, 0.25) is 11.8 Å². The number of rotatable bonds is 6. The number of nitriles is 1. The number of piperazine rings is 1. The molecule has 0 unspecified atom stereocenters. The third kappa shape index (κ3) is 3.31. The van der Waals surface area contributed by atoms with Crippen molar-refractivity contribution in [2.75, 3.05) is 13.1 Å². The van der Waals surface area contributed by atoms with Gasteiger partial charge in [0, 0.05) is 25.2 Å². The molecule has 3 aliphatic heterocycles. The minimum Gasteiger partial charge on any atom is -0.330 e. The number of hydrogen-bond donors (Lipinski definition) is 1. The highest BCUT2D eigenvalue weighted by molar-refractivity contribution is 5.87. The molecule has 3 heterocycles. The van der Waals surface area contributed by atoms with Gasteiger partial charge in [0.1, 0.15) is 11.9 Å². The molecule has 5 rings (SSSR count). The predicted octanol–water partition coefficient (Wildman–Crippen LogP) is 1.40. The number of fused-ring (bicyclic) bond motifs is 3. The zero-order valence-electron chi connectivity index (χ0n) is 17.7. The first kappa shape index (κ1) is 20.4. The normalized spacial score (nSPS) is 33.4. The van der Waals surface area contributed by atoms with E-state index in [1.165, 1.54) is 12.1 Å². The van der Waals surface area contributed by atoms with Crippen LogP contribution in [0.15, 0.2) is 24.3 Å². The molecule has 7 atom stereocenters. The van der Waals surface area contributed by atoms with Crippen molar-refractivity contribution in [2.24, 2.45) is 11.7 Å². The maximum Gasteiger partial charge on any atom is 0.242 e. The lowest BCUT2D eigenvalue weighted by molar-refractivity contribution is -0.141. The summed E-state index contributed by atoms with van der Waals surface area (Å²) in [5, 5.41) is 9.36. The van der Waals surface area contributed by atoms with Gasteiger partial charge in [0.05, 0.1) is 24.2 Å². The highest BCUT2D eigenvalue weighted by Crippen LogP contribution is 2.48. The van der Waals surface area contributed by atoms with Crippen LogP contribution in [-0.2, 0) is 9.59 Å². The maximum atomic E-state index is 13.3. The van der Waals surface area contributed by atoms with Crippen LogP contribution < -0.4 is 5.73 Å². The second-order valence-electron chi connectivity index (χ2n) is 9.38. The van der Waals surface area contributed by atoms with E-state index in [9.17, 15) is 19.2 Å². The fourth-order valence-electron chi connectivity index (χ4n) is 5.99. The van der Waals surface area contributed by atoms with Crippen molar-refractivity contribution in [1.29, 1.82) is 5.26 Å². The van der Waals surface area contributed by atoms with E-state index < -0.39 is 6.04 Å². The van der Waals surface area contributed by atoms with Crippen molar-refractivity contribution in [3.8, 4) is 6.07 Å². The Morgan fingerprint density at radius 2 is 2.03 bits per heavy atom. The van der Waals surface area contributed by atoms with Crippen LogP contribution in [0.3, 0.4) is 0 Å². The summed E-state index contributed by atoms with van der Waals surface area (Å²) in [6, 6.07) is 7.42. The van der Waals surface area contributed by atoms with Gasteiger partial charge in [-0.05, 0) is 49.3 Å². The summed E-state index contributed by atoms with van der Waals surface area (Å²) in [4.78, 5) is 31.8. The average Bonchev–Trinajstić information content (AvgIpc) is 3.10. The SMILES string of the molecule is CC[C@@H](c1ccc(F)cc1)N1C(=O)[C@@H]2C[C@H]1CN2C[C@H](N)C(=O)N1[C@H](C#N)C[C@@H]2C[C@@H]21. The zero-order valence-corrected chi connectivity index (χ0v) is 17.7. The number of carbonyl (C=O) groups excluding carboxylic acids is 2. The Morgan fingerprint density at radius 1 is 1.29 bits per heavy atom. The summed E-state index contributed by atoms with van der Waals surface area (Å²) >= 11 is 0. The van der Waals surface area contributed by atoms with Gasteiger partial charge < -0.3 is 15.5 Å². The molecule has 4 aliphatic rings. The highest BCUT2D eigenvalue weighted by atomic mass is 19.1. The maximum absolute atomic E-state index is 13.3. The molecule has 2 bridgehead atoms. The van der Waals surface area contributed by atoms with Gasteiger partial charge in [0.15, 0.2) is 0 Å². The van der Waals surface area contributed by atoms with Crippen molar-refractivity contribution in [2.45, 2.75) is 68.9 Å². The molecule has 2 amide bonds. The van der Waals surface area contributed by atoms with Crippen LogP contribution in [0, 0.1) is 23.1 Å². The van der Waals surface area contributed by atoms with Crippen LogP contribution in [0.25, 0.3) is 0 Å². The molecule has 164 valence electrons. The van der Waals surface area contributed by atoms with Crippen LogP contribution in [0.4, 0.5) is 4.39 Å². The first-order valence-electron chi connectivity index (χ1n) is 11.2. The van der Waals surface area contributed by atoms with Crippen LogP contribution in [0.1, 0.15) is 44.2 Å². The minimum absolute atomic E-state index is 0.0606. The fourth-order valence-corrected chi connectivity index (χ4v) is 5.99. The molecule has 7 nitrogen and oxygen atoms in total. The minimum atomic E-state index is -0.727. The second kappa shape index (κ2) is 7.57. The van der Waals surface area contributed by atoms with E-state index in [1.807, 2.05) is 16.7 Å². The van der Waals surface area contributed by atoms with Gasteiger partial charge in [-0.2, -0.15) is 5.26 Å². The van der Waals surface area contributed by atoms with E-state index in [1.54, 1.807) is 17.0 Å². The largest absolute Gasteiger partial charge is 0.330 e. The molecule has 2 N–H and O–H groups in total. The Labute approximate surface area is 181 Å². The molecule has 0 radical (unpaired) electrons. The standard InChI is InChI=1S/C23H28FN5O2/c1-2-19(13-3-5-15(24)6-4-13)29-17-9-21(23(29)31)27(11-17)12-18(26)22(30)28-16(10-25)7-14-8-20(14)28/h3-6,14,16-21H,2,7-9,11-12,26H2,1H3/t14-,16+,17+,18+,19+,20+,21+/m1/s1. The summed E-state index contributed by atoms with van der Waals surface area (Å²) in [6.07, 6.45) is 3.21. The second-order valence-corrected chi connectivity index (χ2v) is 9.38. The van der Waals surface area contributed by atoms with Crippen LogP contribution in [-0.4, -0.2) is 69.8 Å². The molecule has 1 aromatic rings. The average molecular weight is 426 g/mol. The molecule has 0 aromatic heterocycles. The Kier molecular flexibility index (Phi) is 4.98. The van der Waals surface area contributed by atoms with E-state index in [0.717, 1.165) is 31.2 Å². The molecular weight excluding hydrogens is 397 g/mol. The lowest BCUT2D eigenvalue weighted by Gasteiger charge is -2.39. The number of piperidine rings is 1. The van der Waals surface area contributed by atoms with Crippen LogP contribution in [0.5, 0.6) is 0 Å². The third-order valence-corrected chi connectivity index (χ3v) is 7.55. The highest BCUT2D eigenvalue weighted by Gasteiger charge is 2.56. The van der Waals surface area contributed by atoms with E-state index in [0.29, 0.717) is 19.0 Å². The number of likely N-dealkylation sites (tertiary alicyclic amines) is 3. The number of benzene rings is 1. The number of nitrogens with zero attached hydrogens (tertiary/aromatic N) is 4. The predicted molar refractivity (Wildman–Crippen MR) is 111 cm³/mol. The quantitative estimate of drug-likeness (QED) is 0.744. The van der Waals surface area contributed by atoms with Gasteiger partial charge in [-0.15, -0.1) is 0 Å². The first-order valence-corrected chi connectivity index (χ1v) is 11.2. The third-order valence-electron chi connectivity index (χ3n) is 7.55. The number of nitrogens with two attached hydrogens (primary N) is 1. The van der Waals surface area contributed by atoms with Gasteiger partial charge in [0.25, 0.3) is 0 Å². The van der Waals surface area contributed by atoms with E-state index in [4.69, 9.17) is 5.73 Å². The Morgan fingerprint density at radius 3 is 2.68 bits per heavy atom. The lowest BCUT2D eigenvalue weighted by Crippen LogP contribution is -2.57. The molecule has 8 heteroatoms. The Hall–Kier alpha value is -2.50. The van der Waals surface area contributed by atoms with E-state index in [2.05, 4.69) is 6.07 Å². The molecule has 1 aliphatic carbocycles. The van der Waals surface area contributed by atoms with Crippen molar-refractivity contribution in [3.05, 3.63) is 35.6 Å². The number of amides is 2. The topological polar surface area (TPSA) is 93.7 Å². The van der Waals surface area contributed by atoms with Crippen LogP contribution in [0.2, 0.25) is 0 Å². The molecule has 31 heavy (non-hydrogen) atoms. The Bertz CT molecular complexity index is 931. The monoisotopic (exact) mass is 425 g/mol. The number of hydrogen-bond acceptors (Lipinski definition) is 5. The summed E-state index contributed by atoms with van der Waals surface area (Å²) in [7, 11) is 0. The smallest absolute Gasteiger partial charge is 0.242 e. The summed E-state index contributed by atoms with van der Waals surface area (Å²) in [6.45, 7) is 3.05. The van der Waals surface area contributed by atoms with Crippen LogP contribution >= 0.6 is 0 Å². The van der Waals surface area contributed by atoms with Crippen molar-refractivity contribution < 1.29 is 14.0 Å². The van der Waals surface area contributed by atoms with Crippen molar-refractivity contribution in [1.82, 2.24) is 14.7 Å². The number of carbonyl (C=O) groups is 2. The van der Waals surface area contributed by atoms with Gasteiger partial charge in [-0.25, -0.2) is 4.39 Å². The van der Waals surface area contributed by atoms with Crippen molar-refractivity contribution >= 4 is 11.8 Å². The molecule has 0 spiro atoms. The number of halogens is 1. The van der Waals surface area contributed by atoms with E-state index in [-0.39, 0.29) is 47.8 Å². The Balaban J connectivity index is 1.25. The van der Waals surface area contributed by atoms with Crippen molar-refractivity contribution in [3.63, 3.8) is 0 Å². The molecule has 1 saturated carbocycles. The summed E-state index contributed by atoms with van der Waals surface area (Å²) < 4.78 is 13.3. The zero-order chi connectivity index (χ0) is 21.9. The van der Waals surface area contributed by atoms with Gasteiger partial charge >= 0.3 is 0 Å². The first-order chi connectivity index (χ1) is 14.9. The lowest BCUT2D eigenvalue weighted by atomic mass is 10.0. The fraction of sp³-hybridized carbons (Fsp3) is 0.609.